The smallest absolute Gasteiger partial charge is 0.196 e. The maximum atomic E-state index is 10.4. The third kappa shape index (κ3) is 1.84. The third-order valence-corrected chi connectivity index (χ3v) is 3.36. The van der Waals surface area contributed by atoms with Crippen molar-refractivity contribution in [3.63, 3.8) is 0 Å². The van der Waals surface area contributed by atoms with Crippen LogP contribution in [0.15, 0.2) is 12.5 Å². The quantitative estimate of drug-likeness (QED) is 0.655. The van der Waals surface area contributed by atoms with Crippen LogP contribution in [0.25, 0.3) is 5.65 Å². The summed E-state index contributed by atoms with van der Waals surface area (Å²) in [5, 5.41) is 23.6. The first-order valence-electron chi connectivity index (χ1n) is 5.96. The molecule has 0 bridgehead atoms. The van der Waals surface area contributed by atoms with Crippen LogP contribution in [0.5, 0.6) is 0 Å². The minimum atomic E-state index is -1.09. The van der Waals surface area contributed by atoms with E-state index in [1.165, 1.54) is 10.8 Å². The van der Waals surface area contributed by atoms with Gasteiger partial charge in [-0.05, 0) is 6.92 Å². The Balaban J connectivity index is 2.07. The van der Waals surface area contributed by atoms with E-state index >= 15 is 0 Å². The fraction of sp³-hybridized carbons (Fsp3) is 0.545. The summed E-state index contributed by atoms with van der Waals surface area (Å²) < 4.78 is 7.16. The van der Waals surface area contributed by atoms with Crippen molar-refractivity contribution in [2.24, 2.45) is 0 Å². The van der Waals surface area contributed by atoms with E-state index in [9.17, 15) is 5.11 Å². The van der Waals surface area contributed by atoms with E-state index in [0.29, 0.717) is 17.8 Å². The predicted octanol–water partition coefficient (Wildman–Crippen LogP) is -0.720. The first-order chi connectivity index (χ1) is 9.03. The zero-order chi connectivity index (χ0) is 13.6. The predicted molar refractivity (Wildman–Crippen MR) is 65.1 cm³/mol. The molecule has 0 aromatic carbocycles. The Bertz CT molecular complexity index is 611. The number of hydrogen-bond acceptors (Lipinski definition) is 7. The summed E-state index contributed by atoms with van der Waals surface area (Å²) in [6.45, 7) is 1.53. The van der Waals surface area contributed by atoms with Gasteiger partial charge in [0.1, 0.15) is 12.4 Å². The Morgan fingerprint density at radius 3 is 3.05 bits per heavy atom. The van der Waals surface area contributed by atoms with Crippen LogP contribution in [0.1, 0.15) is 25.1 Å². The average Bonchev–Trinajstić information content (AvgIpc) is 2.90. The molecule has 3 unspecified atom stereocenters. The molecule has 2 aromatic heterocycles. The van der Waals surface area contributed by atoms with Crippen LogP contribution in [0.4, 0.5) is 5.82 Å². The maximum Gasteiger partial charge on any atom is 0.196 e. The first kappa shape index (κ1) is 12.3. The third-order valence-electron chi connectivity index (χ3n) is 3.36. The first-order valence-corrected chi connectivity index (χ1v) is 5.96. The standard InChI is InChI=1S/C11H15N5O3/c1-11(18)2-6(4-17)19-8(11)7-3-13-10-9(12)14-5-15-16(7)10/h3,5-6,8,17-18H,2,4H2,1H3,(H2,12,14,15). The second-order valence-corrected chi connectivity index (χ2v) is 4.95. The van der Waals surface area contributed by atoms with Crippen LogP contribution in [0.3, 0.4) is 0 Å². The van der Waals surface area contributed by atoms with Crippen molar-refractivity contribution in [3.8, 4) is 0 Å². The Hall–Kier alpha value is -1.77. The summed E-state index contributed by atoms with van der Waals surface area (Å²) in [5.41, 5.74) is 5.63. The highest BCUT2D eigenvalue weighted by Crippen LogP contribution is 2.41. The summed E-state index contributed by atoms with van der Waals surface area (Å²) >= 11 is 0. The van der Waals surface area contributed by atoms with Gasteiger partial charge in [-0.1, -0.05) is 0 Å². The van der Waals surface area contributed by atoms with E-state index in [1.807, 2.05) is 0 Å². The fourth-order valence-electron chi connectivity index (χ4n) is 2.48. The van der Waals surface area contributed by atoms with E-state index in [4.69, 9.17) is 15.6 Å². The molecular weight excluding hydrogens is 250 g/mol. The number of aromatic nitrogens is 4. The number of nitrogen functional groups attached to an aromatic ring is 1. The zero-order valence-corrected chi connectivity index (χ0v) is 10.4. The van der Waals surface area contributed by atoms with E-state index < -0.39 is 17.8 Å². The summed E-state index contributed by atoms with van der Waals surface area (Å²) in [4.78, 5) is 7.99. The molecule has 1 saturated heterocycles. The van der Waals surface area contributed by atoms with Gasteiger partial charge >= 0.3 is 0 Å². The van der Waals surface area contributed by atoms with Crippen molar-refractivity contribution >= 4 is 11.5 Å². The number of anilines is 1. The Kier molecular flexibility index (Phi) is 2.66. The van der Waals surface area contributed by atoms with Crippen molar-refractivity contribution in [1.29, 1.82) is 0 Å². The van der Waals surface area contributed by atoms with Crippen molar-refractivity contribution in [2.75, 3.05) is 12.3 Å². The molecule has 19 heavy (non-hydrogen) atoms. The topological polar surface area (TPSA) is 119 Å². The van der Waals surface area contributed by atoms with Gasteiger partial charge in [-0.3, -0.25) is 0 Å². The normalized spacial score (nSPS) is 31.1. The second kappa shape index (κ2) is 4.12. The van der Waals surface area contributed by atoms with Crippen molar-refractivity contribution in [2.45, 2.75) is 31.2 Å². The molecule has 4 N–H and O–H groups in total. The molecule has 0 spiro atoms. The highest BCUT2D eigenvalue weighted by molar-refractivity contribution is 5.58. The molecular formula is C11H15N5O3. The molecule has 0 radical (unpaired) electrons. The number of ether oxygens (including phenoxy) is 1. The van der Waals surface area contributed by atoms with Crippen LogP contribution < -0.4 is 5.73 Å². The number of aliphatic hydroxyl groups is 2. The zero-order valence-electron chi connectivity index (χ0n) is 10.4. The molecule has 0 aliphatic carbocycles. The Labute approximate surface area is 108 Å². The maximum absolute atomic E-state index is 10.4. The SMILES string of the molecule is CC1(O)CC(CO)OC1c1cnc2c(N)ncnn12. The lowest BCUT2D eigenvalue weighted by molar-refractivity contribution is -0.0496. The van der Waals surface area contributed by atoms with Gasteiger partial charge in [-0.15, -0.1) is 0 Å². The van der Waals surface area contributed by atoms with Crippen LogP contribution in [-0.2, 0) is 4.74 Å². The highest BCUT2D eigenvalue weighted by atomic mass is 16.5. The average molecular weight is 265 g/mol. The summed E-state index contributed by atoms with van der Waals surface area (Å²) in [6, 6.07) is 0. The molecule has 102 valence electrons. The van der Waals surface area contributed by atoms with Gasteiger partial charge in [-0.2, -0.15) is 5.10 Å². The van der Waals surface area contributed by atoms with Gasteiger partial charge < -0.3 is 20.7 Å². The number of aliphatic hydroxyl groups excluding tert-OH is 1. The van der Waals surface area contributed by atoms with Crippen molar-refractivity contribution in [3.05, 3.63) is 18.2 Å². The molecule has 0 amide bonds. The number of imidazole rings is 1. The van der Waals surface area contributed by atoms with Crippen LogP contribution in [0.2, 0.25) is 0 Å². The minimum Gasteiger partial charge on any atom is -0.394 e. The Morgan fingerprint density at radius 1 is 1.58 bits per heavy atom. The van der Waals surface area contributed by atoms with Gasteiger partial charge in [0, 0.05) is 6.42 Å². The van der Waals surface area contributed by atoms with Gasteiger partial charge in [0.05, 0.1) is 30.2 Å². The number of nitrogens with two attached hydrogens (primary N) is 1. The van der Waals surface area contributed by atoms with E-state index in [2.05, 4.69) is 15.1 Å². The van der Waals surface area contributed by atoms with Gasteiger partial charge in [-0.25, -0.2) is 14.5 Å². The lowest BCUT2D eigenvalue weighted by atomic mass is 9.94. The number of hydrogen-bond donors (Lipinski definition) is 3. The largest absolute Gasteiger partial charge is 0.394 e. The highest BCUT2D eigenvalue weighted by Gasteiger charge is 2.46. The van der Waals surface area contributed by atoms with Crippen LogP contribution in [-0.4, -0.2) is 48.1 Å². The molecule has 1 aliphatic heterocycles. The molecule has 8 nitrogen and oxygen atoms in total. The van der Waals surface area contributed by atoms with Gasteiger partial charge in [0.2, 0.25) is 0 Å². The number of nitrogens with zero attached hydrogens (tertiary/aromatic N) is 4. The second-order valence-electron chi connectivity index (χ2n) is 4.95. The molecule has 8 heteroatoms. The Morgan fingerprint density at radius 2 is 2.37 bits per heavy atom. The number of fused-ring (bicyclic) bond motifs is 1. The molecule has 1 aliphatic rings. The lowest BCUT2D eigenvalue weighted by Gasteiger charge is -2.22. The van der Waals surface area contributed by atoms with Gasteiger partial charge in [0.15, 0.2) is 11.5 Å². The minimum absolute atomic E-state index is 0.138. The monoisotopic (exact) mass is 265 g/mol. The van der Waals surface area contributed by atoms with E-state index in [0.717, 1.165) is 0 Å². The van der Waals surface area contributed by atoms with E-state index in [-0.39, 0.29) is 12.4 Å². The van der Waals surface area contributed by atoms with Crippen LogP contribution >= 0.6 is 0 Å². The van der Waals surface area contributed by atoms with E-state index in [1.54, 1.807) is 13.1 Å². The van der Waals surface area contributed by atoms with Crippen molar-refractivity contribution in [1.82, 2.24) is 19.6 Å². The fourth-order valence-corrected chi connectivity index (χ4v) is 2.48. The number of rotatable bonds is 2. The van der Waals surface area contributed by atoms with Gasteiger partial charge in [0.25, 0.3) is 0 Å². The summed E-state index contributed by atoms with van der Waals surface area (Å²) in [6.07, 6.45) is 2.21. The molecule has 2 aromatic rings. The van der Waals surface area contributed by atoms with Crippen molar-refractivity contribution < 1.29 is 14.9 Å². The summed E-state index contributed by atoms with van der Waals surface area (Å²) in [7, 11) is 0. The van der Waals surface area contributed by atoms with Crippen LogP contribution in [0, 0.1) is 0 Å². The lowest BCUT2D eigenvalue weighted by Crippen LogP contribution is -2.29. The molecule has 3 rings (SSSR count). The molecule has 3 heterocycles. The molecule has 0 saturated carbocycles. The molecule has 3 atom stereocenters. The molecule has 1 fully saturated rings. The summed E-state index contributed by atoms with van der Waals surface area (Å²) in [5.74, 6) is 0.262.